The summed E-state index contributed by atoms with van der Waals surface area (Å²) in [6.07, 6.45) is 1.35. The number of aromatic nitrogens is 1. The van der Waals surface area contributed by atoms with Crippen LogP contribution < -0.4 is 30.7 Å². The third-order valence-electron chi connectivity index (χ3n) is 3.88. The van der Waals surface area contributed by atoms with Crippen LogP contribution in [0.2, 0.25) is 0 Å². The molecular formula is C20H16F3N5O3S. The molecule has 1 heterocycles. The zero-order valence-electron chi connectivity index (χ0n) is 16.5. The largest absolute Gasteiger partial charge is 0.471 e. The minimum atomic E-state index is -5.03. The molecule has 0 radical (unpaired) electrons. The molecule has 2 aromatic rings. The van der Waals surface area contributed by atoms with Gasteiger partial charge in [0.15, 0.2) is 5.57 Å². The first-order valence-electron chi connectivity index (χ1n) is 8.93. The van der Waals surface area contributed by atoms with Gasteiger partial charge < -0.3 is 16.0 Å². The number of anilines is 2. The number of carbonyl (C=O) groups excluding carboxylic acids is 2. The Morgan fingerprint density at radius 1 is 1.31 bits per heavy atom. The Balaban J connectivity index is 2.42. The molecule has 3 N–H and O–H groups in total. The Kier molecular flexibility index (Phi) is 7.82. The van der Waals surface area contributed by atoms with Gasteiger partial charge in [0.05, 0.1) is 6.54 Å². The lowest BCUT2D eigenvalue weighted by atomic mass is 10.2. The third kappa shape index (κ3) is 5.77. The van der Waals surface area contributed by atoms with Gasteiger partial charge in [-0.15, -0.1) is 17.8 Å². The molecule has 12 heteroatoms. The quantitative estimate of drug-likeness (QED) is 0.546. The van der Waals surface area contributed by atoms with Gasteiger partial charge in [-0.25, -0.2) is 0 Å². The average Bonchev–Trinajstić information content (AvgIpc) is 3.05. The van der Waals surface area contributed by atoms with E-state index in [1.807, 2.05) is 0 Å². The molecule has 0 saturated heterocycles. The van der Waals surface area contributed by atoms with Gasteiger partial charge in [-0.1, -0.05) is 12.0 Å². The molecule has 1 aromatic heterocycles. The Morgan fingerprint density at radius 3 is 2.59 bits per heavy atom. The van der Waals surface area contributed by atoms with E-state index < -0.39 is 23.5 Å². The summed E-state index contributed by atoms with van der Waals surface area (Å²) in [4.78, 5) is 35.9. The second kappa shape index (κ2) is 10.3. The fraction of sp³-hybridized carbons (Fsp3) is 0.200. The fourth-order valence-corrected chi connectivity index (χ4v) is 3.53. The summed E-state index contributed by atoms with van der Waals surface area (Å²) in [5.41, 5.74) is -0.563. The number of carbonyl (C=O) groups is 2. The zero-order valence-corrected chi connectivity index (χ0v) is 17.4. The van der Waals surface area contributed by atoms with Crippen molar-refractivity contribution in [2.75, 3.05) is 17.2 Å². The Labute approximate surface area is 183 Å². The van der Waals surface area contributed by atoms with Crippen LogP contribution in [0.3, 0.4) is 0 Å². The van der Waals surface area contributed by atoms with Crippen LogP contribution in [0, 0.1) is 23.7 Å². The van der Waals surface area contributed by atoms with Crippen molar-refractivity contribution in [2.24, 2.45) is 0 Å². The first-order chi connectivity index (χ1) is 15.1. The minimum Gasteiger partial charge on any atom is -0.360 e. The summed E-state index contributed by atoms with van der Waals surface area (Å²) >= 11 is 0.885. The summed E-state index contributed by atoms with van der Waals surface area (Å²) < 4.78 is 38.7. The average molecular weight is 463 g/mol. The first-order valence-corrected chi connectivity index (χ1v) is 9.74. The fourth-order valence-electron chi connectivity index (χ4n) is 2.45. The van der Waals surface area contributed by atoms with Gasteiger partial charge in [0.25, 0.3) is 11.5 Å². The lowest BCUT2D eigenvalue weighted by molar-refractivity contribution is -0.167. The van der Waals surface area contributed by atoms with E-state index in [0.29, 0.717) is 5.69 Å². The summed E-state index contributed by atoms with van der Waals surface area (Å²) in [7, 11) is 0. The number of hydrogen-bond acceptors (Lipinski definition) is 6. The van der Waals surface area contributed by atoms with Crippen molar-refractivity contribution in [1.29, 1.82) is 5.26 Å². The lowest BCUT2D eigenvalue weighted by Crippen LogP contribution is -2.34. The summed E-state index contributed by atoms with van der Waals surface area (Å²) in [6.45, 7) is 1.76. The number of hydrogen-bond donors (Lipinski definition) is 3. The van der Waals surface area contributed by atoms with Gasteiger partial charge in [0.1, 0.15) is 15.3 Å². The van der Waals surface area contributed by atoms with Gasteiger partial charge >= 0.3 is 12.1 Å². The second-order valence-electron chi connectivity index (χ2n) is 6.02. The Bertz CT molecular complexity index is 1300. The second-order valence-corrected chi connectivity index (χ2v) is 7.05. The molecule has 0 atom stereocenters. The Hall–Kier alpha value is -4.03. The molecule has 0 unspecified atom stereocenters. The van der Waals surface area contributed by atoms with Crippen LogP contribution in [0.15, 0.2) is 29.1 Å². The molecule has 0 spiro atoms. The predicted molar refractivity (Wildman–Crippen MR) is 114 cm³/mol. The van der Waals surface area contributed by atoms with Crippen molar-refractivity contribution in [1.82, 2.24) is 9.88 Å². The van der Waals surface area contributed by atoms with Crippen molar-refractivity contribution in [3.05, 3.63) is 43.8 Å². The van der Waals surface area contributed by atoms with Gasteiger partial charge in [-0.05, 0) is 25.1 Å². The number of alkyl halides is 3. The van der Waals surface area contributed by atoms with Crippen LogP contribution in [0.5, 0.6) is 0 Å². The van der Waals surface area contributed by atoms with Gasteiger partial charge in [0, 0.05) is 24.1 Å². The molecule has 2 rings (SSSR count). The highest BCUT2D eigenvalue weighted by Crippen LogP contribution is 2.20. The van der Waals surface area contributed by atoms with Crippen LogP contribution in [-0.4, -0.2) is 29.1 Å². The number of amides is 2. The van der Waals surface area contributed by atoms with Crippen molar-refractivity contribution in [3.8, 4) is 18.4 Å². The highest BCUT2D eigenvalue weighted by atomic mass is 32.1. The Morgan fingerprint density at radius 2 is 2.00 bits per heavy atom. The number of halogens is 3. The third-order valence-corrected chi connectivity index (χ3v) is 5.01. The van der Waals surface area contributed by atoms with E-state index in [0.717, 1.165) is 11.3 Å². The van der Waals surface area contributed by atoms with Gasteiger partial charge in [0.2, 0.25) is 0 Å². The number of thiazole rings is 1. The topological polar surface area (TPSA) is 116 Å². The maximum absolute atomic E-state index is 12.7. The molecular weight excluding hydrogens is 447 g/mol. The van der Waals surface area contributed by atoms with E-state index in [1.165, 1.54) is 35.0 Å². The smallest absolute Gasteiger partial charge is 0.360 e. The summed E-state index contributed by atoms with van der Waals surface area (Å²) in [5.74, 6) is -0.624. The number of nitriles is 1. The number of terminal acetylenes is 1. The standard InChI is InChI=1S/C20H16F3N5O3S/c1-3-8-25-16(29)14(10-24)18-28(4-2)17(30)15(32-18)11-26-12-6-5-7-13(9-12)27-19(31)20(21,22)23/h1,5-7,9,11,26H,4,8H2,2H3,(H,25,29)(H,27,31)/b15-11+,18-14-. The number of rotatable bonds is 6. The lowest BCUT2D eigenvalue weighted by Gasteiger charge is -2.09. The van der Waals surface area contributed by atoms with Crippen LogP contribution in [0.4, 0.5) is 24.5 Å². The number of benzene rings is 1. The zero-order chi connectivity index (χ0) is 23.9. The first kappa shape index (κ1) is 24.2. The molecule has 0 aliphatic rings. The normalized spacial score (nSPS) is 12.4. The molecule has 0 bridgehead atoms. The molecule has 0 fully saturated rings. The molecule has 8 nitrogen and oxygen atoms in total. The summed E-state index contributed by atoms with van der Waals surface area (Å²) in [5, 5.41) is 16.2. The molecule has 1 aromatic carbocycles. The molecule has 32 heavy (non-hydrogen) atoms. The van der Waals surface area contributed by atoms with Crippen molar-refractivity contribution >= 4 is 46.3 Å². The van der Waals surface area contributed by atoms with E-state index in [-0.39, 0.29) is 33.5 Å². The molecule has 0 saturated carbocycles. The van der Waals surface area contributed by atoms with E-state index in [9.17, 15) is 32.8 Å². The summed E-state index contributed by atoms with van der Waals surface area (Å²) in [6, 6.07) is 7.20. The molecule has 0 aliphatic heterocycles. The van der Waals surface area contributed by atoms with Crippen molar-refractivity contribution in [2.45, 2.75) is 19.6 Å². The molecule has 0 aliphatic carbocycles. The van der Waals surface area contributed by atoms with E-state index >= 15 is 0 Å². The molecule has 2 amide bonds. The number of nitrogens with zero attached hydrogens (tertiary/aromatic N) is 2. The SMILES string of the molecule is C#CCNC(=O)/C(C#N)=c1\s/c(=C/Nc2cccc(NC(=O)C(F)(F)F)c2)c(=O)n1CC. The highest BCUT2D eigenvalue weighted by molar-refractivity contribution is 7.07. The monoisotopic (exact) mass is 463 g/mol. The van der Waals surface area contributed by atoms with Gasteiger partial charge in [-0.2, -0.15) is 18.4 Å². The highest BCUT2D eigenvalue weighted by Gasteiger charge is 2.38. The van der Waals surface area contributed by atoms with Crippen LogP contribution in [0.25, 0.3) is 11.8 Å². The van der Waals surface area contributed by atoms with Gasteiger partial charge in [-0.3, -0.25) is 19.0 Å². The van der Waals surface area contributed by atoms with E-state index in [2.05, 4.69) is 16.6 Å². The van der Waals surface area contributed by atoms with E-state index in [4.69, 9.17) is 6.42 Å². The number of nitrogens with one attached hydrogen (secondary N) is 3. The van der Waals surface area contributed by atoms with Crippen molar-refractivity contribution < 1.29 is 22.8 Å². The maximum Gasteiger partial charge on any atom is 0.471 e. The van der Waals surface area contributed by atoms with E-state index in [1.54, 1.807) is 18.3 Å². The van der Waals surface area contributed by atoms with Crippen LogP contribution >= 0.6 is 11.3 Å². The van der Waals surface area contributed by atoms with Crippen LogP contribution in [0.1, 0.15) is 6.92 Å². The minimum absolute atomic E-state index is 0.0898. The maximum atomic E-state index is 12.7. The van der Waals surface area contributed by atoms with Crippen molar-refractivity contribution in [3.63, 3.8) is 0 Å². The predicted octanol–water partition coefficient (Wildman–Crippen LogP) is 0.704. The van der Waals surface area contributed by atoms with Crippen LogP contribution in [-0.2, 0) is 16.1 Å². The molecule has 166 valence electrons.